The van der Waals surface area contributed by atoms with Crippen LogP contribution in [0.1, 0.15) is 31.0 Å². The first-order valence-corrected chi connectivity index (χ1v) is 11.1. The molecule has 0 spiro atoms. The van der Waals surface area contributed by atoms with Gasteiger partial charge in [0.15, 0.2) is 0 Å². The third-order valence-corrected chi connectivity index (χ3v) is 6.29. The number of piperidine rings is 1. The predicted molar refractivity (Wildman–Crippen MR) is 122 cm³/mol. The minimum atomic E-state index is 0.588. The van der Waals surface area contributed by atoms with Crippen molar-refractivity contribution in [3.05, 3.63) is 59.9 Å². The predicted octanol–water partition coefficient (Wildman–Crippen LogP) is 4.82. The number of aryl methyl sites for hydroxylation is 2. The van der Waals surface area contributed by atoms with Crippen LogP contribution in [0.5, 0.6) is 0 Å². The highest BCUT2D eigenvalue weighted by atomic mass is 16.5. The maximum atomic E-state index is 6.07. The highest BCUT2D eigenvalue weighted by molar-refractivity contribution is 6.08. The normalized spacial score (nSPS) is 17.2. The minimum Gasteiger partial charge on any atom is -0.375 e. The molecule has 1 saturated heterocycles. The second kappa shape index (κ2) is 8.25. The van der Waals surface area contributed by atoms with Gasteiger partial charge in [0, 0.05) is 41.1 Å². The quantitative estimate of drug-likeness (QED) is 0.503. The van der Waals surface area contributed by atoms with Crippen molar-refractivity contribution in [1.29, 1.82) is 0 Å². The molecular weight excluding hydrogens is 372 g/mol. The lowest BCUT2D eigenvalue weighted by atomic mass is 10.0. The first-order chi connectivity index (χ1) is 14.7. The van der Waals surface area contributed by atoms with Crippen LogP contribution in [0, 0.1) is 12.8 Å². The molecule has 1 aliphatic rings. The molecule has 1 aliphatic heterocycles. The van der Waals surface area contributed by atoms with Crippen LogP contribution in [0.4, 0.5) is 0 Å². The highest BCUT2D eigenvalue weighted by Crippen LogP contribution is 2.31. The van der Waals surface area contributed by atoms with Crippen LogP contribution in [0.3, 0.4) is 0 Å². The van der Waals surface area contributed by atoms with Crippen molar-refractivity contribution in [3.8, 4) is 5.69 Å². The summed E-state index contributed by atoms with van der Waals surface area (Å²) in [4.78, 5) is 0. The zero-order chi connectivity index (χ0) is 20.5. The molecule has 4 aromatic rings. The number of rotatable bonds is 6. The molecule has 0 radical (unpaired) electrons. The van der Waals surface area contributed by atoms with Crippen LogP contribution in [-0.2, 0) is 17.9 Å². The lowest BCUT2D eigenvalue weighted by Gasteiger charge is -2.22. The van der Waals surface area contributed by atoms with Gasteiger partial charge in [-0.05, 0) is 75.5 Å². The first-order valence-electron chi connectivity index (χ1n) is 11.1. The van der Waals surface area contributed by atoms with Crippen molar-refractivity contribution in [1.82, 2.24) is 19.7 Å². The summed E-state index contributed by atoms with van der Waals surface area (Å²) in [5.74, 6) is 0.620. The third kappa shape index (κ3) is 3.53. The Morgan fingerprint density at radius 3 is 2.73 bits per heavy atom. The molecule has 30 heavy (non-hydrogen) atoms. The Morgan fingerprint density at radius 1 is 1.10 bits per heavy atom. The zero-order valence-corrected chi connectivity index (χ0v) is 17.9. The number of aromatic nitrogens is 3. The van der Waals surface area contributed by atoms with Gasteiger partial charge in [0.05, 0.1) is 24.6 Å². The molecule has 5 rings (SSSR count). The molecule has 2 aromatic carbocycles. The van der Waals surface area contributed by atoms with Crippen LogP contribution >= 0.6 is 0 Å². The molecule has 1 fully saturated rings. The lowest BCUT2D eigenvalue weighted by molar-refractivity contribution is 0.0752. The Hall–Kier alpha value is -2.63. The average Bonchev–Trinajstić information content (AvgIpc) is 3.36. The van der Waals surface area contributed by atoms with Gasteiger partial charge in [0.25, 0.3) is 0 Å². The fourth-order valence-electron chi connectivity index (χ4n) is 4.75. The Labute approximate surface area is 177 Å². The smallest absolute Gasteiger partial charge is 0.0889 e. The number of fused-ring (bicyclic) bond motifs is 3. The summed E-state index contributed by atoms with van der Waals surface area (Å²) < 4.78 is 10.5. The summed E-state index contributed by atoms with van der Waals surface area (Å²) in [6, 6.07) is 15.4. The number of hydrogen-bond acceptors (Lipinski definition) is 3. The number of nitrogens with one attached hydrogen (secondary N) is 1. The molecule has 1 atom stereocenters. The maximum Gasteiger partial charge on any atom is 0.0889 e. The SMILES string of the molecule is CCn1c2ccc(C)cc2c2cc(-n3nccc3COCC3CCCNC3)ccc21. The van der Waals surface area contributed by atoms with Gasteiger partial charge in [-0.15, -0.1) is 0 Å². The highest BCUT2D eigenvalue weighted by Gasteiger charge is 2.15. The van der Waals surface area contributed by atoms with Gasteiger partial charge < -0.3 is 14.6 Å². The van der Waals surface area contributed by atoms with Gasteiger partial charge >= 0.3 is 0 Å². The van der Waals surface area contributed by atoms with E-state index in [4.69, 9.17) is 4.74 Å². The Morgan fingerprint density at radius 2 is 1.93 bits per heavy atom. The lowest BCUT2D eigenvalue weighted by Crippen LogP contribution is -2.32. The van der Waals surface area contributed by atoms with E-state index in [-0.39, 0.29) is 0 Å². The second-order valence-electron chi connectivity index (χ2n) is 8.43. The van der Waals surface area contributed by atoms with Gasteiger partial charge in [0.2, 0.25) is 0 Å². The molecule has 3 heterocycles. The summed E-state index contributed by atoms with van der Waals surface area (Å²) in [6.45, 7) is 8.92. The Bertz CT molecular complexity index is 1170. The molecule has 1 N–H and O–H groups in total. The molecule has 5 heteroatoms. The van der Waals surface area contributed by atoms with E-state index in [1.807, 2.05) is 10.9 Å². The van der Waals surface area contributed by atoms with Gasteiger partial charge in [-0.3, -0.25) is 0 Å². The Kier molecular flexibility index (Phi) is 5.32. The average molecular weight is 403 g/mol. The van der Waals surface area contributed by atoms with Crippen molar-refractivity contribution in [2.45, 2.75) is 39.8 Å². The van der Waals surface area contributed by atoms with Crippen LogP contribution < -0.4 is 5.32 Å². The van der Waals surface area contributed by atoms with E-state index in [2.05, 4.69) is 71.3 Å². The van der Waals surface area contributed by atoms with E-state index < -0.39 is 0 Å². The maximum absolute atomic E-state index is 6.07. The van der Waals surface area contributed by atoms with Crippen LogP contribution in [0.15, 0.2) is 48.7 Å². The van der Waals surface area contributed by atoms with Crippen LogP contribution in [0.2, 0.25) is 0 Å². The molecule has 2 aromatic heterocycles. The van der Waals surface area contributed by atoms with Gasteiger partial charge in [0.1, 0.15) is 0 Å². The number of benzene rings is 2. The largest absolute Gasteiger partial charge is 0.375 e. The standard InChI is InChI=1S/C25H30N4O/c1-3-28-24-8-6-18(2)13-22(24)23-14-20(7-9-25(23)28)29-21(10-12-27-29)17-30-16-19-5-4-11-26-15-19/h6-10,12-14,19,26H,3-5,11,15-17H2,1-2H3. The van der Waals surface area contributed by atoms with Crippen molar-refractivity contribution >= 4 is 21.8 Å². The molecule has 0 amide bonds. The summed E-state index contributed by atoms with van der Waals surface area (Å²) in [5, 5.41) is 10.6. The van der Waals surface area contributed by atoms with E-state index in [1.54, 1.807) is 0 Å². The van der Waals surface area contributed by atoms with E-state index in [0.29, 0.717) is 12.5 Å². The third-order valence-electron chi connectivity index (χ3n) is 6.29. The molecular formula is C25H30N4O. The second-order valence-corrected chi connectivity index (χ2v) is 8.43. The molecule has 0 bridgehead atoms. The topological polar surface area (TPSA) is 44.0 Å². The summed E-state index contributed by atoms with van der Waals surface area (Å²) >= 11 is 0. The van der Waals surface area contributed by atoms with E-state index in [0.717, 1.165) is 37.6 Å². The van der Waals surface area contributed by atoms with E-state index >= 15 is 0 Å². The van der Waals surface area contributed by atoms with Gasteiger partial charge in [-0.25, -0.2) is 4.68 Å². The minimum absolute atomic E-state index is 0.588. The van der Waals surface area contributed by atoms with Crippen LogP contribution in [-0.4, -0.2) is 34.0 Å². The first kappa shape index (κ1) is 19.3. The fraction of sp³-hybridized carbons (Fsp3) is 0.400. The summed E-state index contributed by atoms with van der Waals surface area (Å²) in [5.41, 5.74) is 6.03. The Balaban J connectivity index is 1.45. The zero-order valence-electron chi connectivity index (χ0n) is 17.9. The number of nitrogens with zero attached hydrogens (tertiary/aromatic N) is 3. The summed E-state index contributed by atoms with van der Waals surface area (Å²) in [7, 11) is 0. The number of hydrogen-bond donors (Lipinski definition) is 1. The molecule has 0 aliphatic carbocycles. The van der Waals surface area contributed by atoms with Crippen molar-refractivity contribution in [3.63, 3.8) is 0 Å². The van der Waals surface area contributed by atoms with Crippen molar-refractivity contribution in [2.24, 2.45) is 5.92 Å². The van der Waals surface area contributed by atoms with Gasteiger partial charge in [-0.1, -0.05) is 11.6 Å². The molecule has 0 saturated carbocycles. The number of ether oxygens (including phenoxy) is 1. The fourth-order valence-corrected chi connectivity index (χ4v) is 4.75. The molecule has 156 valence electrons. The monoisotopic (exact) mass is 402 g/mol. The van der Waals surface area contributed by atoms with E-state index in [1.165, 1.54) is 40.2 Å². The molecule has 5 nitrogen and oxygen atoms in total. The van der Waals surface area contributed by atoms with Gasteiger partial charge in [-0.2, -0.15) is 5.10 Å². The van der Waals surface area contributed by atoms with Crippen molar-refractivity contribution in [2.75, 3.05) is 19.7 Å². The van der Waals surface area contributed by atoms with Crippen molar-refractivity contribution < 1.29 is 4.74 Å². The van der Waals surface area contributed by atoms with E-state index in [9.17, 15) is 0 Å². The molecule has 1 unspecified atom stereocenters. The van der Waals surface area contributed by atoms with Crippen LogP contribution in [0.25, 0.3) is 27.5 Å². The summed E-state index contributed by atoms with van der Waals surface area (Å²) in [6.07, 6.45) is 4.37.